The van der Waals surface area contributed by atoms with E-state index in [4.69, 9.17) is 0 Å². The molecular weight excluding hydrogens is 334 g/mol. The third kappa shape index (κ3) is 3.23. The van der Waals surface area contributed by atoms with Crippen LogP contribution in [0.5, 0.6) is 0 Å². The van der Waals surface area contributed by atoms with Crippen LogP contribution in [0.2, 0.25) is 0 Å². The van der Waals surface area contributed by atoms with Gasteiger partial charge in [-0.1, -0.05) is 6.07 Å². The lowest BCUT2D eigenvalue weighted by molar-refractivity contribution is 0.102. The van der Waals surface area contributed by atoms with Crippen molar-refractivity contribution in [2.24, 2.45) is 0 Å². The number of rotatable bonds is 2. The number of anilines is 1. The van der Waals surface area contributed by atoms with Crippen LogP contribution < -0.4 is 5.32 Å². The van der Waals surface area contributed by atoms with Crippen molar-refractivity contribution >= 4 is 34.2 Å². The molecule has 2 rings (SSSR count). The first-order valence-electron chi connectivity index (χ1n) is 4.83. The van der Waals surface area contributed by atoms with E-state index in [0.717, 1.165) is 3.57 Å². The van der Waals surface area contributed by atoms with E-state index in [-0.39, 0.29) is 5.91 Å². The summed E-state index contributed by atoms with van der Waals surface area (Å²) >= 11 is 2.13. The Morgan fingerprint density at radius 1 is 1.29 bits per heavy atom. The fourth-order valence-electron chi connectivity index (χ4n) is 1.28. The van der Waals surface area contributed by atoms with Crippen molar-refractivity contribution in [3.8, 4) is 0 Å². The molecule has 2 aromatic rings. The Bertz CT molecular complexity index is 542. The highest BCUT2D eigenvalue weighted by Crippen LogP contribution is 2.11. The number of pyridine rings is 1. The van der Waals surface area contributed by atoms with Gasteiger partial charge in [0.05, 0.1) is 11.9 Å². The van der Waals surface area contributed by atoms with E-state index in [9.17, 15) is 9.18 Å². The predicted octanol–water partition coefficient (Wildman–Crippen LogP) is 3.08. The summed E-state index contributed by atoms with van der Waals surface area (Å²) in [6, 6.07) is 9.86. The molecule has 1 N–H and O–H groups in total. The zero-order valence-corrected chi connectivity index (χ0v) is 10.8. The number of carbonyl (C=O) groups excluding carboxylic acids is 1. The highest BCUT2D eigenvalue weighted by atomic mass is 127. The summed E-state index contributed by atoms with van der Waals surface area (Å²) in [5, 5.41) is 2.64. The molecule has 0 aliphatic heterocycles. The Balaban J connectivity index is 2.14. The number of halogens is 2. The minimum Gasteiger partial charge on any atom is -0.321 e. The maximum absolute atomic E-state index is 12.6. The molecule has 0 atom stereocenters. The zero-order chi connectivity index (χ0) is 12.3. The lowest BCUT2D eigenvalue weighted by Gasteiger charge is -2.04. The van der Waals surface area contributed by atoms with E-state index >= 15 is 0 Å². The number of aromatic nitrogens is 1. The molecule has 0 unspecified atom stereocenters. The smallest absolute Gasteiger partial charge is 0.255 e. The van der Waals surface area contributed by atoms with E-state index in [2.05, 4.69) is 32.9 Å². The maximum Gasteiger partial charge on any atom is 0.255 e. The van der Waals surface area contributed by atoms with Crippen molar-refractivity contribution in [3.05, 3.63) is 57.7 Å². The van der Waals surface area contributed by atoms with Crippen LogP contribution in [-0.2, 0) is 0 Å². The van der Waals surface area contributed by atoms with Crippen molar-refractivity contribution in [2.45, 2.75) is 0 Å². The van der Waals surface area contributed by atoms with Crippen LogP contribution >= 0.6 is 22.6 Å². The monoisotopic (exact) mass is 342 g/mol. The Hall–Kier alpha value is -1.50. The second kappa shape index (κ2) is 5.22. The molecule has 0 radical (unpaired) electrons. The summed E-state index contributed by atoms with van der Waals surface area (Å²) in [4.78, 5) is 15.3. The van der Waals surface area contributed by atoms with Gasteiger partial charge in [-0.05, 0) is 52.9 Å². The van der Waals surface area contributed by atoms with Gasteiger partial charge >= 0.3 is 0 Å². The Morgan fingerprint density at radius 3 is 2.76 bits per heavy atom. The molecule has 1 heterocycles. The standard InChI is InChI=1S/C12H8FIN2O/c13-11-5-4-10(7-15-11)16-12(17)8-2-1-3-9(14)6-8/h1-7H,(H,16,17). The topological polar surface area (TPSA) is 42.0 Å². The average Bonchev–Trinajstić information content (AvgIpc) is 2.32. The van der Waals surface area contributed by atoms with Gasteiger partial charge in [0.15, 0.2) is 0 Å². The molecule has 1 amide bonds. The molecule has 17 heavy (non-hydrogen) atoms. The summed E-state index contributed by atoms with van der Waals surface area (Å²) < 4.78 is 13.6. The van der Waals surface area contributed by atoms with Crippen LogP contribution in [0.25, 0.3) is 0 Å². The quantitative estimate of drug-likeness (QED) is 0.673. The first-order valence-corrected chi connectivity index (χ1v) is 5.91. The van der Waals surface area contributed by atoms with Gasteiger partial charge < -0.3 is 5.32 Å². The number of nitrogens with zero attached hydrogens (tertiary/aromatic N) is 1. The lowest BCUT2D eigenvalue weighted by atomic mass is 10.2. The van der Waals surface area contributed by atoms with Crippen molar-refractivity contribution in [1.29, 1.82) is 0 Å². The molecule has 5 heteroatoms. The van der Waals surface area contributed by atoms with Gasteiger partial charge in [0, 0.05) is 9.13 Å². The Kier molecular flexibility index (Phi) is 3.68. The van der Waals surface area contributed by atoms with Crippen LogP contribution in [0.3, 0.4) is 0 Å². The molecule has 86 valence electrons. The van der Waals surface area contributed by atoms with Gasteiger partial charge in [-0.15, -0.1) is 0 Å². The first-order chi connectivity index (χ1) is 8.15. The van der Waals surface area contributed by atoms with E-state index in [1.165, 1.54) is 18.3 Å². The molecule has 3 nitrogen and oxygen atoms in total. The van der Waals surface area contributed by atoms with Gasteiger partial charge in [-0.2, -0.15) is 4.39 Å². The van der Waals surface area contributed by atoms with Gasteiger partial charge in [-0.25, -0.2) is 4.98 Å². The van der Waals surface area contributed by atoms with Crippen LogP contribution in [0.4, 0.5) is 10.1 Å². The minimum atomic E-state index is -0.572. The molecule has 0 aliphatic carbocycles. The normalized spacial score (nSPS) is 10.0. The summed E-state index contributed by atoms with van der Waals surface area (Å²) in [7, 11) is 0. The van der Waals surface area contributed by atoms with Crippen molar-refractivity contribution < 1.29 is 9.18 Å². The first kappa shape index (κ1) is 12.0. The SMILES string of the molecule is O=C(Nc1ccc(F)nc1)c1cccc(I)c1. The number of benzene rings is 1. The zero-order valence-electron chi connectivity index (χ0n) is 8.65. The molecule has 1 aromatic heterocycles. The summed E-state index contributed by atoms with van der Waals surface area (Å²) in [5.41, 5.74) is 1.02. The highest BCUT2D eigenvalue weighted by Gasteiger charge is 2.06. The Labute approximate surface area is 111 Å². The fraction of sp³-hybridized carbons (Fsp3) is 0. The fourth-order valence-corrected chi connectivity index (χ4v) is 1.83. The van der Waals surface area contributed by atoms with E-state index in [1.807, 2.05) is 6.07 Å². The molecule has 1 aromatic carbocycles. The van der Waals surface area contributed by atoms with Crippen molar-refractivity contribution in [3.63, 3.8) is 0 Å². The third-order valence-electron chi connectivity index (χ3n) is 2.07. The molecule has 0 fully saturated rings. The van der Waals surface area contributed by atoms with E-state index in [1.54, 1.807) is 18.2 Å². The molecular formula is C12H8FIN2O. The predicted molar refractivity (Wildman–Crippen MR) is 71.3 cm³/mol. The number of hydrogen-bond acceptors (Lipinski definition) is 2. The average molecular weight is 342 g/mol. The summed E-state index contributed by atoms with van der Waals surface area (Å²) in [6.07, 6.45) is 1.28. The molecule has 0 saturated carbocycles. The van der Waals surface area contributed by atoms with Crippen LogP contribution in [0, 0.1) is 9.52 Å². The number of nitrogens with one attached hydrogen (secondary N) is 1. The van der Waals surface area contributed by atoms with Gasteiger partial charge in [0.2, 0.25) is 5.95 Å². The molecule has 0 saturated heterocycles. The second-order valence-electron chi connectivity index (χ2n) is 3.33. The maximum atomic E-state index is 12.6. The number of amides is 1. The largest absolute Gasteiger partial charge is 0.321 e. The van der Waals surface area contributed by atoms with Crippen molar-refractivity contribution in [2.75, 3.05) is 5.32 Å². The third-order valence-corrected chi connectivity index (χ3v) is 2.74. The van der Waals surface area contributed by atoms with Crippen LogP contribution in [0.15, 0.2) is 42.6 Å². The molecule has 0 spiro atoms. The Morgan fingerprint density at radius 2 is 2.12 bits per heavy atom. The molecule has 0 bridgehead atoms. The van der Waals surface area contributed by atoms with E-state index in [0.29, 0.717) is 11.3 Å². The number of carbonyl (C=O) groups is 1. The second-order valence-corrected chi connectivity index (χ2v) is 4.58. The molecule has 0 aliphatic rings. The van der Waals surface area contributed by atoms with Crippen LogP contribution in [0.1, 0.15) is 10.4 Å². The summed E-state index contributed by atoms with van der Waals surface area (Å²) in [6.45, 7) is 0. The highest BCUT2D eigenvalue weighted by molar-refractivity contribution is 14.1. The van der Waals surface area contributed by atoms with Gasteiger partial charge in [0.1, 0.15) is 0 Å². The van der Waals surface area contributed by atoms with Gasteiger partial charge in [0.25, 0.3) is 5.91 Å². The van der Waals surface area contributed by atoms with E-state index < -0.39 is 5.95 Å². The van der Waals surface area contributed by atoms with Crippen molar-refractivity contribution in [1.82, 2.24) is 4.98 Å². The lowest BCUT2D eigenvalue weighted by Crippen LogP contribution is -2.12. The van der Waals surface area contributed by atoms with Crippen LogP contribution in [-0.4, -0.2) is 10.9 Å². The number of hydrogen-bond donors (Lipinski definition) is 1. The summed E-state index contributed by atoms with van der Waals surface area (Å²) in [5.74, 6) is -0.811. The van der Waals surface area contributed by atoms with Gasteiger partial charge in [-0.3, -0.25) is 4.79 Å². The minimum absolute atomic E-state index is 0.239.